The third kappa shape index (κ3) is 14.0. The molecule has 1 N–H and O–H groups in total. The van der Waals surface area contributed by atoms with Crippen LogP contribution < -0.4 is 0 Å². The summed E-state index contributed by atoms with van der Waals surface area (Å²) in [6, 6.07) is 4.14. The molecule has 0 amide bonds. The predicted octanol–water partition coefficient (Wildman–Crippen LogP) is 10.7. The van der Waals surface area contributed by atoms with Crippen LogP contribution in [0, 0.1) is 0 Å². The lowest BCUT2D eigenvalue weighted by molar-refractivity contribution is -0.149. The summed E-state index contributed by atoms with van der Waals surface area (Å²) in [5, 5.41) is 10.9. The highest BCUT2D eigenvalue weighted by atomic mass is 16.5. The topological polar surface area (TPSA) is 46.5 Å². The van der Waals surface area contributed by atoms with Crippen LogP contribution in [0.5, 0.6) is 5.75 Å². The monoisotopic (exact) mass is 530 g/mol. The molecule has 0 aliphatic heterocycles. The number of aryl methyl sites for hydroxylation is 1. The van der Waals surface area contributed by atoms with Gasteiger partial charge in [-0.15, -0.1) is 0 Å². The van der Waals surface area contributed by atoms with Gasteiger partial charge in [-0.05, 0) is 53.2 Å². The summed E-state index contributed by atoms with van der Waals surface area (Å²) >= 11 is 0. The Kier molecular flexibility index (Phi) is 16.3. The summed E-state index contributed by atoms with van der Waals surface area (Å²) < 4.78 is 5.86. The molecule has 0 aliphatic rings. The van der Waals surface area contributed by atoms with Crippen LogP contribution in [0.2, 0.25) is 0 Å². The molecule has 0 saturated carbocycles. The molecule has 0 fully saturated rings. The first kappa shape index (κ1) is 34.5. The van der Waals surface area contributed by atoms with Crippen molar-refractivity contribution in [1.82, 2.24) is 0 Å². The minimum absolute atomic E-state index is 0.0327. The van der Waals surface area contributed by atoms with E-state index in [1.54, 1.807) is 0 Å². The Morgan fingerprint density at radius 3 is 1.55 bits per heavy atom. The lowest BCUT2D eigenvalue weighted by Gasteiger charge is -2.28. The quantitative estimate of drug-likeness (QED) is 0.143. The third-order valence-electron chi connectivity index (χ3n) is 7.79. The maximum absolute atomic E-state index is 12.7. The third-order valence-corrected chi connectivity index (χ3v) is 7.79. The maximum atomic E-state index is 12.7. The van der Waals surface area contributed by atoms with Crippen LogP contribution in [0.3, 0.4) is 0 Å². The number of hydrogen-bond donors (Lipinski definition) is 1. The Morgan fingerprint density at radius 2 is 1.16 bits per heavy atom. The van der Waals surface area contributed by atoms with Gasteiger partial charge in [0, 0.05) is 6.42 Å². The number of rotatable bonds is 19. The lowest BCUT2D eigenvalue weighted by Crippen LogP contribution is -2.19. The maximum Gasteiger partial charge on any atom is 0.306 e. The Hall–Kier alpha value is -1.51. The van der Waals surface area contributed by atoms with E-state index in [0.29, 0.717) is 18.6 Å². The molecular formula is C35H62O3. The van der Waals surface area contributed by atoms with Crippen LogP contribution in [0.1, 0.15) is 175 Å². The fraction of sp³-hybridized carbons (Fsp3) is 0.800. The fourth-order valence-corrected chi connectivity index (χ4v) is 5.21. The van der Waals surface area contributed by atoms with Gasteiger partial charge in [0.05, 0.1) is 0 Å². The number of phenolic OH excluding ortho intramolecular Hbond substituents is 1. The Bertz CT molecular complexity index is 746. The van der Waals surface area contributed by atoms with Crippen molar-refractivity contribution >= 4 is 5.97 Å². The molecule has 1 rings (SSSR count). The van der Waals surface area contributed by atoms with Crippen LogP contribution in [0.25, 0.3) is 0 Å². The molecule has 1 atom stereocenters. The van der Waals surface area contributed by atoms with E-state index in [1.165, 1.54) is 77.0 Å². The second kappa shape index (κ2) is 18.0. The highest BCUT2D eigenvalue weighted by Crippen LogP contribution is 2.40. The number of esters is 1. The molecule has 1 aromatic carbocycles. The van der Waals surface area contributed by atoms with E-state index >= 15 is 0 Å². The number of carbonyl (C=O) groups is 1. The predicted molar refractivity (Wildman–Crippen MR) is 164 cm³/mol. The molecule has 1 unspecified atom stereocenters. The zero-order valence-electron chi connectivity index (χ0n) is 26.5. The van der Waals surface area contributed by atoms with Crippen molar-refractivity contribution in [2.24, 2.45) is 0 Å². The van der Waals surface area contributed by atoms with Gasteiger partial charge in [0.25, 0.3) is 0 Å². The van der Waals surface area contributed by atoms with E-state index in [-0.39, 0.29) is 22.9 Å². The molecule has 0 aromatic heterocycles. The van der Waals surface area contributed by atoms with Crippen LogP contribution in [0.4, 0.5) is 0 Å². The van der Waals surface area contributed by atoms with Crippen molar-refractivity contribution in [2.75, 3.05) is 0 Å². The Morgan fingerprint density at radius 1 is 0.737 bits per heavy atom. The second-order valence-corrected chi connectivity index (χ2v) is 13.6. The highest BCUT2D eigenvalue weighted by molar-refractivity contribution is 5.70. The molecule has 0 bridgehead atoms. The molecule has 0 aliphatic carbocycles. The van der Waals surface area contributed by atoms with Gasteiger partial charge in [0.2, 0.25) is 0 Å². The van der Waals surface area contributed by atoms with Crippen molar-refractivity contribution in [3.8, 4) is 5.75 Å². The van der Waals surface area contributed by atoms with Gasteiger partial charge in [-0.25, -0.2) is 0 Å². The van der Waals surface area contributed by atoms with Gasteiger partial charge in [-0.3, -0.25) is 4.79 Å². The summed E-state index contributed by atoms with van der Waals surface area (Å²) in [7, 11) is 0. The number of carbonyl (C=O) groups excluding carboxylic acids is 1. The van der Waals surface area contributed by atoms with Gasteiger partial charge < -0.3 is 9.84 Å². The largest absolute Gasteiger partial charge is 0.507 e. The number of benzene rings is 1. The van der Waals surface area contributed by atoms with Crippen molar-refractivity contribution in [3.05, 3.63) is 28.8 Å². The molecule has 3 heteroatoms. The van der Waals surface area contributed by atoms with Gasteiger partial charge in [0.15, 0.2) is 0 Å². The summed E-state index contributed by atoms with van der Waals surface area (Å²) in [6.07, 6.45) is 20.5. The van der Waals surface area contributed by atoms with Crippen LogP contribution in [-0.2, 0) is 26.8 Å². The summed E-state index contributed by atoms with van der Waals surface area (Å²) in [5.41, 5.74) is 2.66. The molecule has 3 nitrogen and oxygen atoms in total. The first-order chi connectivity index (χ1) is 17.9. The van der Waals surface area contributed by atoms with E-state index in [0.717, 1.165) is 36.0 Å². The molecule has 220 valence electrons. The standard InChI is InChI=1S/C35H62O3/c1-9-11-12-13-14-15-16-17-18-19-20-21-22-23-29(10-2)38-32(36)25-24-28-26-30(34(3,4)5)33(37)31(27-28)35(6,7)8/h26-27,29,37H,9-25H2,1-8H3. The van der Waals surface area contributed by atoms with Gasteiger partial charge >= 0.3 is 5.97 Å². The van der Waals surface area contributed by atoms with Gasteiger partial charge in [-0.1, -0.05) is 145 Å². The summed E-state index contributed by atoms with van der Waals surface area (Å²) in [6.45, 7) is 17.1. The molecular weight excluding hydrogens is 468 g/mol. The number of unbranched alkanes of at least 4 members (excludes halogenated alkanes) is 12. The first-order valence-corrected chi connectivity index (χ1v) is 16.0. The summed E-state index contributed by atoms with van der Waals surface area (Å²) in [5.74, 6) is 0.286. The van der Waals surface area contributed by atoms with E-state index in [2.05, 4.69) is 67.5 Å². The summed E-state index contributed by atoms with van der Waals surface area (Å²) in [4.78, 5) is 12.7. The number of ether oxygens (including phenoxy) is 1. The second-order valence-electron chi connectivity index (χ2n) is 13.6. The Balaban J connectivity index is 2.36. The first-order valence-electron chi connectivity index (χ1n) is 16.0. The molecule has 0 radical (unpaired) electrons. The van der Waals surface area contributed by atoms with E-state index in [4.69, 9.17) is 4.74 Å². The zero-order chi connectivity index (χ0) is 28.6. The van der Waals surface area contributed by atoms with Crippen LogP contribution in [-0.4, -0.2) is 17.2 Å². The average Bonchev–Trinajstić information content (AvgIpc) is 2.84. The minimum Gasteiger partial charge on any atom is -0.507 e. The van der Waals surface area contributed by atoms with E-state index < -0.39 is 0 Å². The zero-order valence-corrected chi connectivity index (χ0v) is 26.5. The van der Waals surface area contributed by atoms with Crippen molar-refractivity contribution in [2.45, 2.75) is 181 Å². The van der Waals surface area contributed by atoms with Crippen LogP contribution in [0.15, 0.2) is 12.1 Å². The minimum atomic E-state index is -0.165. The lowest BCUT2D eigenvalue weighted by atomic mass is 9.78. The number of phenols is 1. The normalized spacial score (nSPS) is 13.1. The molecule has 0 heterocycles. The average molecular weight is 531 g/mol. The SMILES string of the molecule is CCCCCCCCCCCCCCCC(CC)OC(=O)CCc1cc(C(C)(C)C)c(O)c(C(C)(C)C)c1. The number of aromatic hydroxyl groups is 1. The Labute approximate surface area is 236 Å². The van der Waals surface area contributed by atoms with Crippen molar-refractivity contribution in [1.29, 1.82) is 0 Å². The van der Waals surface area contributed by atoms with Crippen molar-refractivity contribution < 1.29 is 14.6 Å². The van der Waals surface area contributed by atoms with Gasteiger partial charge in [0.1, 0.15) is 11.9 Å². The van der Waals surface area contributed by atoms with E-state index in [1.807, 2.05) is 0 Å². The smallest absolute Gasteiger partial charge is 0.306 e. The molecule has 0 saturated heterocycles. The van der Waals surface area contributed by atoms with Crippen molar-refractivity contribution in [3.63, 3.8) is 0 Å². The molecule has 38 heavy (non-hydrogen) atoms. The highest BCUT2D eigenvalue weighted by Gasteiger charge is 2.26. The fourth-order valence-electron chi connectivity index (χ4n) is 5.21. The van der Waals surface area contributed by atoms with Crippen LogP contribution >= 0.6 is 0 Å². The van der Waals surface area contributed by atoms with Gasteiger partial charge in [-0.2, -0.15) is 0 Å². The van der Waals surface area contributed by atoms with E-state index in [9.17, 15) is 9.90 Å². The molecule has 1 aromatic rings. The molecule has 0 spiro atoms. The number of hydrogen-bond acceptors (Lipinski definition) is 3.